The Hall–Kier alpha value is -2.09. The summed E-state index contributed by atoms with van der Waals surface area (Å²) in [5.74, 6) is -1.29. The van der Waals surface area contributed by atoms with Crippen LogP contribution in [0.5, 0.6) is 0 Å². The van der Waals surface area contributed by atoms with Crippen molar-refractivity contribution in [1.29, 1.82) is 0 Å². The number of carbonyl (C=O) groups is 2. The lowest BCUT2D eigenvalue weighted by Crippen LogP contribution is -2.44. The van der Waals surface area contributed by atoms with Gasteiger partial charge in [0.05, 0.1) is 23.7 Å². The van der Waals surface area contributed by atoms with Gasteiger partial charge in [-0.25, -0.2) is 0 Å². The third kappa shape index (κ3) is 4.69. The number of nitrogens with two attached hydrogens (primary N) is 1. The van der Waals surface area contributed by atoms with Crippen molar-refractivity contribution in [1.82, 2.24) is 4.90 Å². The fraction of sp³-hybridized carbons (Fsp3) is 0.467. The lowest BCUT2D eigenvalue weighted by atomic mass is 9.97. The molecule has 1 fully saturated rings. The van der Waals surface area contributed by atoms with E-state index in [4.69, 9.17) is 5.73 Å². The molecule has 1 atom stereocenters. The van der Waals surface area contributed by atoms with E-state index in [2.05, 4.69) is 5.32 Å². The van der Waals surface area contributed by atoms with Crippen molar-refractivity contribution < 1.29 is 22.8 Å². The number of anilines is 1. The number of hydrogen-bond acceptors (Lipinski definition) is 3. The quantitative estimate of drug-likeness (QED) is 0.885. The molecule has 0 spiro atoms. The average Bonchev–Trinajstić information content (AvgIpc) is 2.46. The maximum atomic E-state index is 12.9. The van der Waals surface area contributed by atoms with E-state index in [0.29, 0.717) is 19.5 Å². The van der Waals surface area contributed by atoms with Crippen molar-refractivity contribution in [2.75, 3.05) is 25.0 Å². The molecule has 0 aliphatic carbocycles. The topological polar surface area (TPSA) is 75.4 Å². The predicted octanol–water partition coefficient (Wildman–Crippen LogP) is 1.84. The number of carbonyl (C=O) groups excluding carboxylic acids is 2. The van der Waals surface area contributed by atoms with Gasteiger partial charge in [-0.15, -0.1) is 0 Å². The Morgan fingerprint density at radius 2 is 2.00 bits per heavy atom. The summed E-state index contributed by atoms with van der Waals surface area (Å²) >= 11 is 0. The number of alkyl halides is 3. The highest BCUT2D eigenvalue weighted by molar-refractivity contribution is 5.93. The lowest BCUT2D eigenvalue weighted by molar-refractivity contribution is -0.137. The van der Waals surface area contributed by atoms with Crippen LogP contribution in [0.3, 0.4) is 0 Å². The van der Waals surface area contributed by atoms with Crippen LogP contribution in [0.1, 0.15) is 18.4 Å². The van der Waals surface area contributed by atoms with Gasteiger partial charge < -0.3 is 11.1 Å². The molecule has 2 amide bonds. The van der Waals surface area contributed by atoms with Crippen LogP contribution in [0.4, 0.5) is 18.9 Å². The first kappa shape index (κ1) is 17.3. The molecule has 0 unspecified atom stereocenters. The second kappa shape index (κ2) is 6.99. The number of amides is 2. The zero-order valence-corrected chi connectivity index (χ0v) is 12.4. The van der Waals surface area contributed by atoms with Gasteiger partial charge in [0.1, 0.15) is 0 Å². The molecule has 1 aliphatic rings. The Balaban J connectivity index is 1.99. The minimum absolute atomic E-state index is 0.0734. The smallest absolute Gasteiger partial charge is 0.369 e. The number of rotatable bonds is 4. The molecule has 0 bridgehead atoms. The highest BCUT2D eigenvalue weighted by atomic mass is 19.4. The van der Waals surface area contributed by atoms with Crippen molar-refractivity contribution in [2.45, 2.75) is 19.0 Å². The maximum absolute atomic E-state index is 12.9. The van der Waals surface area contributed by atoms with Crippen LogP contribution in [0.2, 0.25) is 0 Å². The monoisotopic (exact) mass is 329 g/mol. The van der Waals surface area contributed by atoms with Crippen molar-refractivity contribution in [3.8, 4) is 0 Å². The van der Waals surface area contributed by atoms with Crippen LogP contribution < -0.4 is 11.1 Å². The maximum Gasteiger partial charge on any atom is 0.418 e. The van der Waals surface area contributed by atoms with Crippen LogP contribution in [0.25, 0.3) is 0 Å². The van der Waals surface area contributed by atoms with Crippen LogP contribution in [0.15, 0.2) is 24.3 Å². The van der Waals surface area contributed by atoms with E-state index in [1.807, 2.05) is 0 Å². The molecule has 1 aromatic carbocycles. The van der Waals surface area contributed by atoms with Gasteiger partial charge in [-0.05, 0) is 31.5 Å². The molecule has 0 aromatic heterocycles. The zero-order valence-electron chi connectivity index (χ0n) is 12.4. The molecule has 23 heavy (non-hydrogen) atoms. The molecule has 1 aliphatic heterocycles. The largest absolute Gasteiger partial charge is 0.418 e. The zero-order chi connectivity index (χ0) is 17.0. The van der Waals surface area contributed by atoms with E-state index < -0.39 is 23.6 Å². The standard InChI is InChI=1S/C15H18F3N3O2/c16-15(17,18)11-5-1-2-6-12(11)20-13(22)9-21-7-3-4-10(8-21)14(19)23/h1-2,5-6,10H,3-4,7-9H2,(H2,19,23)(H,20,22)/t10-/m0/s1. The first-order valence-electron chi connectivity index (χ1n) is 7.25. The van der Waals surface area contributed by atoms with E-state index >= 15 is 0 Å². The van der Waals surface area contributed by atoms with Crippen molar-refractivity contribution in [3.05, 3.63) is 29.8 Å². The Morgan fingerprint density at radius 3 is 2.65 bits per heavy atom. The highest BCUT2D eigenvalue weighted by Gasteiger charge is 2.33. The van der Waals surface area contributed by atoms with Gasteiger partial charge in [0, 0.05) is 6.54 Å². The summed E-state index contributed by atoms with van der Waals surface area (Å²) in [6.07, 6.45) is -3.14. The SMILES string of the molecule is NC(=O)[C@H]1CCCN(CC(=O)Nc2ccccc2C(F)(F)F)C1. The molecule has 5 nitrogen and oxygen atoms in total. The van der Waals surface area contributed by atoms with Gasteiger partial charge in [0.2, 0.25) is 11.8 Å². The van der Waals surface area contributed by atoms with Gasteiger partial charge >= 0.3 is 6.18 Å². The second-order valence-corrected chi connectivity index (χ2v) is 5.57. The number of halogens is 3. The summed E-state index contributed by atoms with van der Waals surface area (Å²) in [4.78, 5) is 24.9. The summed E-state index contributed by atoms with van der Waals surface area (Å²) in [7, 11) is 0. The molecule has 8 heteroatoms. The fourth-order valence-electron chi connectivity index (χ4n) is 2.66. The number of nitrogens with zero attached hydrogens (tertiary/aromatic N) is 1. The predicted molar refractivity (Wildman–Crippen MR) is 78.4 cm³/mol. The van der Waals surface area contributed by atoms with E-state index in [0.717, 1.165) is 12.5 Å². The molecule has 1 aromatic rings. The normalized spacial score (nSPS) is 19.3. The fourth-order valence-corrected chi connectivity index (χ4v) is 2.66. The first-order valence-corrected chi connectivity index (χ1v) is 7.25. The summed E-state index contributed by atoms with van der Waals surface area (Å²) in [5, 5.41) is 2.29. The van der Waals surface area contributed by atoms with Gasteiger partial charge in [0.15, 0.2) is 0 Å². The molecule has 3 N–H and O–H groups in total. The van der Waals surface area contributed by atoms with E-state index in [1.165, 1.54) is 18.2 Å². The number of primary amides is 1. The summed E-state index contributed by atoms with van der Waals surface area (Å²) in [6.45, 7) is 0.887. The minimum atomic E-state index is -4.54. The van der Waals surface area contributed by atoms with Crippen LogP contribution in [0, 0.1) is 5.92 Å². The van der Waals surface area contributed by atoms with Crippen LogP contribution in [-0.4, -0.2) is 36.3 Å². The van der Waals surface area contributed by atoms with E-state index in [-0.39, 0.29) is 18.2 Å². The molecular weight excluding hydrogens is 311 g/mol. The summed E-state index contributed by atoms with van der Waals surface area (Å²) < 4.78 is 38.7. The van der Waals surface area contributed by atoms with Gasteiger partial charge in [-0.3, -0.25) is 14.5 Å². The van der Waals surface area contributed by atoms with Crippen molar-refractivity contribution >= 4 is 17.5 Å². The molecule has 1 saturated heterocycles. The number of hydrogen-bond donors (Lipinski definition) is 2. The molecular formula is C15H18F3N3O2. The van der Waals surface area contributed by atoms with Gasteiger partial charge in [-0.1, -0.05) is 12.1 Å². The number of nitrogens with one attached hydrogen (secondary N) is 1. The van der Waals surface area contributed by atoms with Gasteiger partial charge in [0.25, 0.3) is 0 Å². The Morgan fingerprint density at radius 1 is 1.30 bits per heavy atom. The summed E-state index contributed by atoms with van der Waals surface area (Å²) in [5.41, 5.74) is 4.10. The molecule has 0 radical (unpaired) electrons. The number of piperidine rings is 1. The van der Waals surface area contributed by atoms with Crippen LogP contribution in [-0.2, 0) is 15.8 Å². The van der Waals surface area contributed by atoms with E-state index in [1.54, 1.807) is 4.90 Å². The third-order valence-corrected chi connectivity index (χ3v) is 3.78. The third-order valence-electron chi connectivity index (χ3n) is 3.78. The molecule has 1 heterocycles. The Bertz CT molecular complexity index is 590. The van der Waals surface area contributed by atoms with Crippen molar-refractivity contribution in [3.63, 3.8) is 0 Å². The molecule has 2 rings (SSSR count). The highest BCUT2D eigenvalue weighted by Crippen LogP contribution is 2.34. The Labute approximate surface area is 131 Å². The minimum Gasteiger partial charge on any atom is -0.369 e. The molecule has 126 valence electrons. The molecule has 0 saturated carbocycles. The van der Waals surface area contributed by atoms with Crippen LogP contribution >= 0.6 is 0 Å². The van der Waals surface area contributed by atoms with Crippen molar-refractivity contribution in [2.24, 2.45) is 11.7 Å². The second-order valence-electron chi connectivity index (χ2n) is 5.57. The van der Waals surface area contributed by atoms with Gasteiger partial charge in [-0.2, -0.15) is 13.2 Å². The lowest BCUT2D eigenvalue weighted by Gasteiger charge is -2.30. The average molecular weight is 329 g/mol. The Kier molecular flexibility index (Phi) is 5.25. The number of benzene rings is 1. The number of likely N-dealkylation sites (tertiary alicyclic amines) is 1. The summed E-state index contributed by atoms with van der Waals surface area (Å²) in [6, 6.07) is 4.82. The number of para-hydroxylation sites is 1. The first-order chi connectivity index (χ1) is 10.8. The van der Waals surface area contributed by atoms with E-state index in [9.17, 15) is 22.8 Å².